The zero-order valence-electron chi connectivity index (χ0n) is 8.82. The van der Waals surface area contributed by atoms with Crippen molar-refractivity contribution in [3.8, 4) is 6.07 Å². The fraction of sp³-hybridized carbons (Fsp3) is 0.0769. The Hall–Kier alpha value is -1.79. The highest BCUT2D eigenvalue weighted by Gasteiger charge is 2.14. The van der Waals surface area contributed by atoms with E-state index in [1.165, 1.54) is 11.8 Å². The van der Waals surface area contributed by atoms with Crippen LogP contribution in [0.1, 0.15) is 11.1 Å². The molecule has 2 nitrogen and oxygen atoms in total. The minimum absolute atomic E-state index is 0.483. The van der Waals surface area contributed by atoms with Gasteiger partial charge in [-0.25, -0.2) is 0 Å². The third kappa shape index (κ3) is 1.93. The van der Waals surface area contributed by atoms with Crippen molar-refractivity contribution in [2.75, 3.05) is 0 Å². The van der Waals surface area contributed by atoms with Crippen LogP contribution in [0.15, 0.2) is 41.3 Å². The Balaban J connectivity index is 2.55. The van der Waals surface area contributed by atoms with Crippen LogP contribution < -0.4 is 0 Å². The molecule has 0 radical (unpaired) electrons. The van der Waals surface area contributed by atoms with E-state index in [0.29, 0.717) is 10.6 Å². The normalized spacial score (nSPS) is 17.4. The van der Waals surface area contributed by atoms with E-state index in [0.717, 1.165) is 16.0 Å². The fourth-order valence-corrected chi connectivity index (χ4v) is 2.34. The summed E-state index contributed by atoms with van der Waals surface area (Å²) >= 11 is 1.33. The summed E-state index contributed by atoms with van der Waals surface area (Å²) in [5.74, 6) is 0. The molecule has 78 valence electrons. The number of aryl methyl sites for hydroxylation is 1. The monoisotopic (exact) mass is 226 g/mol. The topological polar surface area (TPSA) is 47.6 Å². The highest BCUT2D eigenvalue weighted by molar-refractivity contribution is 8.18. The van der Waals surface area contributed by atoms with E-state index in [9.17, 15) is 5.26 Å². The third-order valence-corrected chi connectivity index (χ3v) is 3.29. The number of nitriles is 1. The van der Waals surface area contributed by atoms with Crippen molar-refractivity contribution in [1.29, 1.82) is 10.7 Å². The van der Waals surface area contributed by atoms with Gasteiger partial charge in [-0.1, -0.05) is 36.0 Å². The van der Waals surface area contributed by atoms with Gasteiger partial charge in [0.2, 0.25) is 0 Å². The van der Waals surface area contributed by atoms with Crippen molar-refractivity contribution in [2.45, 2.75) is 6.92 Å². The van der Waals surface area contributed by atoms with Crippen LogP contribution in [0.25, 0.3) is 5.57 Å². The van der Waals surface area contributed by atoms with Gasteiger partial charge in [0.1, 0.15) is 6.07 Å². The molecule has 0 spiro atoms. The van der Waals surface area contributed by atoms with Gasteiger partial charge in [-0.3, -0.25) is 5.41 Å². The minimum atomic E-state index is 0.483. The van der Waals surface area contributed by atoms with E-state index in [2.05, 4.69) is 6.07 Å². The van der Waals surface area contributed by atoms with Crippen molar-refractivity contribution in [2.24, 2.45) is 0 Å². The Morgan fingerprint density at radius 2 is 2.06 bits per heavy atom. The number of nitrogens with zero attached hydrogens (tertiary/aromatic N) is 1. The van der Waals surface area contributed by atoms with Gasteiger partial charge in [-0.05, 0) is 30.2 Å². The molecule has 1 aromatic rings. The molecule has 1 N–H and O–H groups in total. The second kappa shape index (κ2) is 4.38. The van der Waals surface area contributed by atoms with Gasteiger partial charge < -0.3 is 0 Å². The zero-order valence-corrected chi connectivity index (χ0v) is 9.64. The van der Waals surface area contributed by atoms with Crippen LogP contribution in [0.4, 0.5) is 0 Å². The van der Waals surface area contributed by atoms with Crippen molar-refractivity contribution in [1.82, 2.24) is 0 Å². The summed E-state index contributed by atoms with van der Waals surface area (Å²) in [6.45, 7) is 1.99. The number of hydrogen-bond acceptors (Lipinski definition) is 3. The van der Waals surface area contributed by atoms with Crippen LogP contribution in [0.5, 0.6) is 0 Å². The molecule has 2 rings (SSSR count). The molecule has 0 aromatic heterocycles. The summed E-state index contributed by atoms with van der Waals surface area (Å²) in [7, 11) is 0. The summed E-state index contributed by atoms with van der Waals surface area (Å²) in [4.78, 5) is 0.863. The van der Waals surface area contributed by atoms with Gasteiger partial charge >= 0.3 is 0 Å². The van der Waals surface area contributed by atoms with Crippen LogP contribution in [-0.2, 0) is 0 Å². The first-order chi connectivity index (χ1) is 7.72. The molecule has 1 aliphatic rings. The van der Waals surface area contributed by atoms with Crippen LogP contribution in [-0.4, -0.2) is 5.04 Å². The molecule has 1 aromatic carbocycles. The van der Waals surface area contributed by atoms with Crippen LogP contribution in [0, 0.1) is 23.7 Å². The van der Waals surface area contributed by atoms with Gasteiger partial charge in [0.05, 0.1) is 10.6 Å². The molecule has 0 amide bonds. The molecule has 0 unspecified atom stereocenters. The lowest BCUT2D eigenvalue weighted by Crippen LogP contribution is -1.88. The lowest BCUT2D eigenvalue weighted by molar-refractivity contribution is 1.42. The second-order valence-corrected chi connectivity index (χ2v) is 4.55. The lowest BCUT2D eigenvalue weighted by Gasteiger charge is -2.05. The molecule has 0 aliphatic carbocycles. The van der Waals surface area contributed by atoms with Gasteiger partial charge in [0.25, 0.3) is 0 Å². The van der Waals surface area contributed by atoms with E-state index >= 15 is 0 Å². The SMILES string of the molecule is Cc1ccccc1/C(C#N)=C1/C=CC(=N)S1. The van der Waals surface area contributed by atoms with Crippen LogP contribution in [0.3, 0.4) is 0 Å². The number of benzene rings is 1. The summed E-state index contributed by atoms with van der Waals surface area (Å²) in [6.07, 6.45) is 3.55. The van der Waals surface area contributed by atoms with E-state index in [-0.39, 0.29) is 0 Å². The van der Waals surface area contributed by atoms with Crippen molar-refractivity contribution >= 4 is 22.4 Å². The fourth-order valence-electron chi connectivity index (χ4n) is 1.57. The van der Waals surface area contributed by atoms with Crippen molar-refractivity contribution in [3.63, 3.8) is 0 Å². The van der Waals surface area contributed by atoms with Crippen molar-refractivity contribution in [3.05, 3.63) is 52.4 Å². The first-order valence-corrected chi connectivity index (χ1v) is 5.69. The average Bonchev–Trinajstić information content (AvgIpc) is 2.69. The predicted molar refractivity (Wildman–Crippen MR) is 68.2 cm³/mol. The van der Waals surface area contributed by atoms with E-state index in [1.54, 1.807) is 6.08 Å². The molecular weight excluding hydrogens is 216 g/mol. The summed E-state index contributed by atoms with van der Waals surface area (Å²) < 4.78 is 0. The lowest BCUT2D eigenvalue weighted by atomic mass is 10.0. The maximum atomic E-state index is 9.23. The van der Waals surface area contributed by atoms with E-state index in [4.69, 9.17) is 5.41 Å². The number of allylic oxidation sites excluding steroid dienone is 2. The smallest absolute Gasteiger partial charge is 0.101 e. The molecule has 1 aliphatic heterocycles. The maximum absolute atomic E-state index is 9.23. The number of thioether (sulfide) groups is 1. The highest BCUT2D eigenvalue weighted by Crippen LogP contribution is 2.33. The Bertz CT molecular complexity index is 547. The van der Waals surface area contributed by atoms with Gasteiger partial charge in [-0.2, -0.15) is 5.26 Å². The molecular formula is C13H10N2S. The molecule has 3 heteroatoms. The minimum Gasteiger partial charge on any atom is -0.294 e. The molecule has 1 heterocycles. The summed E-state index contributed by atoms with van der Waals surface area (Å²) in [5.41, 5.74) is 2.69. The molecule has 0 saturated carbocycles. The molecule has 0 bridgehead atoms. The number of hydrogen-bond donors (Lipinski definition) is 1. The average molecular weight is 226 g/mol. The Morgan fingerprint density at radius 1 is 1.31 bits per heavy atom. The molecule has 16 heavy (non-hydrogen) atoms. The Morgan fingerprint density at radius 3 is 2.62 bits per heavy atom. The molecule has 0 saturated heterocycles. The maximum Gasteiger partial charge on any atom is 0.101 e. The van der Waals surface area contributed by atoms with Gasteiger partial charge in [0.15, 0.2) is 0 Å². The highest BCUT2D eigenvalue weighted by atomic mass is 32.2. The molecule has 0 atom stereocenters. The number of nitrogens with one attached hydrogen (secondary N) is 1. The summed E-state index contributed by atoms with van der Waals surface area (Å²) in [6, 6.07) is 10.0. The zero-order chi connectivity index (χ0) is 11.5. The first kappa shape index (κ1) is 10.7. The van der Waals surface area contributed by atoms with Gasteiger partial charge in [-0.15, -0.1) is 0 Å². The summed E-state index contributed by atoms with van der Waals surface area (Å²) in [5, 5.41) is 17.2. The second-order valence-electron chi connectivity index (χ2n) is 3.47. The van der Waals surface area contributed by atoms with Crippen molar-refractivity contribution < 1.29 is 0 Å². The quantitative estimate of drug-likeness (QED) is 0.745. The first-order valence-electron chi connectivity index (χ1n) is 4.87. The largest absolute Gasteiger partial charge is 0.294 e. The Labute approximate surface area is 98.8 Å². The standard InChI is InChI=1S/C13H10N2S/c1-9-4-2-3-5-10(9)11(8-14)12-6-7-13(15)16-12/h2-7,15H,1H3/b12-11-,15-13?. The van der Waals surface area contributed by atoms with E-state index in [1.807, 2.05) is 37.3 Å². The Kier molecular flexibility index (Phi) is 2.93. The number of rotatable bonds is 1. The van der Waals surface area contributed by atoms with E-state index < -0.39 is 0 Å². The van der Waals surface area contributed by atoms with Crippen LogP contribution in [0.2, 0.25) is 0 Å². The molecule has 0 fully saturated rings. The van der Waals surface area contributed by atoms with Gasteiger partial charge in [0, 0.05) is 4.91 Å². The van der Waals surface area contributed by atoms with Crippen LogP contribution >= 0.6 is 11.8 Å². The third-order valence-electron chi connectivity index (χ3n) is 2.38. The predicted octanol–water partition coefficient (Wildman–Crippen LogP) is 3.51.